The lowest BCUT2D eigenvalue weighted by Crippen LogP contribution is -2.29. The maximum atomic E-state index is 11.8. The van der Waals surface area contributed by atoms with Crippen LogP contribution in [0.1, 0.15) is 24.5 Å². The monoisotopic (exact) mass is 330 g/mol. The zero-order chi connectivity index (χ0) is 16.4. The van der Waals surface area contributed by atoms with E-state index in [2.05, 4.69) is 24.4 Å². The molecule has 0 bridgehead atoms. The number of primary sulfonamides is 1. The average Bonchev–Trinajstić information content (AvgIpc) is 2.94. The van der Waals surface area contributed by atoms with Gasteiger partial charge in [-0.2, -0.15) is 0 Å². The van der Waals surface area contributed by atoms with Crippen LogP contribution in [0.5, 0.6) is 0 Å². The number of hydrogen-bond acceptors (Lipinski definition) is 3. The SMILES string of the molecule is CCCN[C@H]1Cc2ccc(-c3ccccc3S(N)(=O)=O)cc2C1. The Morgan fingerprint density at radius 3 is 2.61 bits per heavy atom. The first-order chi connectivity index (χ1) is 11.0. The third kappa shape index (κ3) is 3.47. The van der Waals surface area contributed by atoms with Gasteiger partial charge in [0.05, 0.1) is 4.90 Å². The lowest BCUT2D eigenvalue weighted by atomic mass is 10.0. The molecule has 0 saturated heterocycles. The van der Waals surface area contributed by atoms with Gasteiger partial charge >= 0.3 is 0 Å². The first-order valence-electron chi connectivity index (χ1n) is 7.96. The smallest absolute Gasteiger partial charge is 0.238 e. The number of benzene rings is 2. The number of fused-ring (bicyclic) bond motifs is 1. The zero-order valence-corrected chi connectivity index (χ0v) is 14.1. The van der Waals surface area contributed by atoms with Gasteiger partial charge in [-0.05, 0) is 48.6 Å². The van der Waals surface area contributed by atoms with Crippen molar-refractivity contribution in [3.63, 3.8) is 0 Å². The standard InChI is InChI=1S/C18H22N2O2S/c1-2-9-20-16-11-13-7-8-14(10-15(13)12-16)17-5-3-4-6-18(17)23(19,21)22/h3-8,10,16,20H,2,9,11-12H2,1H3,(H2,19,21,22)/t16-/m0/s1. The van der Waals surface area contributed by atoms with Gasteiger partial charge in [-0.15, -0.1) is 0 Å². The number of rotatable bonds is 5. The van der Waals surface area contributed by atoms with Crippen LogP contribution in [0, 0.1) is 0 Å². The third-order valence-corrected chi connectivity index (χ3v) is 5.30. The van der Waals surface area contributed by atoms with Gasteiger partial charge in [0.1, 0.15) is 0 Å². The van der Waals surface area contributed by atoms with E-state index in [0.29, 0.717) is 11.6 Å². The minimum Gasteiger partial charge on any atom is -0.313 e. The molecule has 1 aliphatic carbocycles. The molecule has 3 rings (SSSR count). The highest BCUT2D eigenvalue weighted by atomic mass is 32.2. The highest BCUT2D eigenvalue weighted by molar-refractivity contribution is 7.89. The zero-order valence-electron chi connectivity index (χ0n) is 13.2. The average molecular weight is 330 g/mol. The van der Waals surface area contributed by atoms with Crippen molar-refractivity contribution in [3.8, 4) is 11.1 Å². The van der Waals surface area contributed by atoms with E-state index >= 15 is 0 Å². The van der Waals surface area contributed by atoms with Crippen molar-refractivity contribution >= 4 is 10.0 Å². The van der Waals surface area contributed by atoms with Crippen LogP contribution in [-0.4, -0.2) is 21.0 Å². The molecule has 2 aromatic rings. The van der Waals surface area contributed by atoms with Crippen LogP contribution in [0.15, 0.2) is 47.4 Å². The van der Waals surface area contributed by atoms with E-state index in [1.807, 2.05) is 18.2 Å². The second-order valence-electron chi connectivity index (χ2n) is 6.08. The summed E-state index contributed by atoms with van der Waals surface area (Å²) < 4.78 is 23.6. The molecule has 23 heavy (non-hydrogen) atoms. The molecule has 0 aromatic heterocycles. The molecule has 0 spiro atoms. The molecule has 0 amide bonds. The molecule has 0 radical (unpaired) electrons. The molecule has 0 unspecified atom stereocenters. The van der Waals surface area contributed by atoms with E-state index in [1.54, 1.807) is 12.1 Å². The van der Waals surface area contributed by atoms with Gasteiger partial charge in [-0.1, -0.05) is 43.3 Å². The van der Waals surface area contributed by atoms with Gasteiger partial charge in [0, 0.05) is 11.6 Å². The Morgan fingerprint density at radius 2 is 1.87 bits per heavy atom. The summed E-state index contributed by atoms with van der Waals surface area (Å²) in [5.41, 5.74) is 4.21. The second kappa shape index (κ2) is 6.43. The fraction of sp³-hybridized carbons (Fsp3) is 0.333. The molecule has 1 aliphatic rings. The largest absolute Gasteiger partial charge is 0.313 e. The molecular weight excluding hydrogens is 308 g/mol. The van der Waals surface area contributed by atoms with Crippen molar-refractivity contribution in [1.29, 1.82) is 0 Å². The van der Waals surface area contributed by atoms with Crippen LogP contribution in [-0.2, 0) is 22.9 Å². The van der Waals surface area contributed by atoms with Crippen molar-refractivity contribution < 1.29 is 8.42 Å². The van der Waals surface area contributed by atoms with E-state index in [1.165, 1.54) is 11.1 Å². The van der Waals surface area contributed by atoms with Crippen LogP contribution in [0.2, 0.25) is 0 Å². The number of nitrogens with two attached hydrogens (primary N) is 1. The Bertz CT molecular complexity index is 816. The quantitative estimate of drug-likeness (QED) is 0.884. The van der Waals surface area contributed by atoms with E-state index in [9.17, 15) is 8.42 Å². The summed E-state index contributed by atoms with van der Waals surface area (Å²) in [6, 6.07) is 13.6. The topological polar surface area (TPSA) is 72.2 Å². The molecule has 122 valence electrons. The number of sulfonamides is 1. The molecule has 0 heterocycles. The molecule has 3 N–H and O–H groups in total. The van der Waals surface area contributed by atoms with Crippen molar-refractivity contribution in [1.82, 2.24) is 5.32 Å². The van der Waals surface area contributed by atoms with Crippen molar-refractivity contribution in [2.45, 2.75) is 37.1 Å². The fourth-order valence-corrected chi connectivity index (χ4v) is 3.99. The van der Waals surface area contributed by atoms with Crippen LogP contribution in [0.4, 0.5) is 0 Å². The Morgan fingerprint density at radius 1 is 1.13 bits per heavy atom. The highest BCUT2D eigenvalue weighted by Gasteiger charge is 2.22. The maximum absolute atomic E-state index is 11.8. The normalized spacial score (nSPS) is 17.2. The summed E-state index contributed by atoms with van der Waals surface area (Å²) in [4.78, 5) is 0.179. The summed E-state index contributed by atoms with van der Waals surface area (Å²) in [5.74, 6) is 0. The second-order valence-corrected chi connectivity index (χ2v) is 7.61. The third-order valence-electron chi connectivity index (χ3n) is 4.33. The van der Waals surface area contributed by atoms with Gasteiger partial charge in [-0.25, -0.2) is 13.6 Å². The van der Waals surface area contributed by atoms with Crippen LogP contribution >= 0.6 is 0 Å². The molecule has 1 atom stereocenters. The van der Waals surface area contributed by atoms with Crippen LogP contribution in [0.25, 0.3) is 11.1 Å². The molecule has 0 aliphatic heterocycles. The predicted molar refractivity (Wildman–Crippen MR) is 92.7 cm³/mol. The predicted octanol–water partition coefficient (Wildman–Crippen LogP) is 2.47. The van der Waals surface area contributed by atoms with Crippen molar-refractivity contribution in [3.05, 3.63) is 53.6 Å². The summed E-state index contributed by atoms with van der Waals surface area (Å²) in [6.07, 6.45) is 3.15. The Labute approximate surface area is 137 Å². The Hall–Kier alpha value is -1.69. The van der Waals surface area contributed by atoms with E-state index in [-0.39, 0.29) is 4.90 Å². The van der Waals surface area contributed by atoms with Crippen molar-refractivity contribution in [2.75, 3.05) is 6.54 Å². The number of nitrogens with one attached hydrogen (secondary N) is 1. The van der Waals surface area contributed by atoms with E-state index < -0.39 is 10.0 Å². The number of hydrogen-bond donors (Lipinski definition) is 2. The highest BCUT2D eigenvalue weighted by Crippen LogP contribution is 2.31. The van der Waals surface area contributed by atoms with Crippen LogP contribution < -0.4 is 10.5 Å². The summed E-state index contributed by atoms with van der Waals surface area (Å²) in [5, 5.41) is 8.90. The minimum absolute atomic E-state index is 0.179. The first-order valence-corrected chi connectivity index (χ1v) is 9.51. The van der Waals surface area contributed by atoms with Gasteiger partial charge in [0.15, 0.2) is 0 Å². The maximum Gasteiger partial charge on any atom is 0.238 e. The fourth-order valence-electron chi connectivity index (χ4n) is 3.23. The minimum atomic E-state index is -3.73. The molecule has 5 heteroatoms. The molecule has 0 saturated carbocycles. The van der Waals surface area contributed by atoms with E-state index in [4.69, 9.17) is 5.14 Å². The summed E-state index contributed by atoms with van der Waals surface area (Å²) in [7, 11) is -3.73. The van der Waals surface area contributed by atoms with Gasteiger partial charge in [0.25, 0.3) is 0 Å². The van der Waals surface area contributed by atoms with Gasteiger partial charge < -0.3 is 5.32 Å². The summed E-state index contributed by atoms with van der Waals surface area (Å²) >= 11 is 0. The van der Waals surface area contributed by atoms with Crippen molar-refractivity contribution in [2.24, 2.45) is 5.14 Å². The lowest BCUT2D eigenvalue weighted by molar-refractivity contribution is 0.531. The summed E-state index contributed by atoms with van der Waals surface area (Å²) in [6.45, 7) is 3.19. The van der Waals surface area contributed by atoms with Gasteiger partial charge in [-0.3, -0.25) is 0 Å². The van der Waals surface area contributed by atoms with Crippen LogP contribution in [0.3, 0.4) is 0 Å². The molecule has 0 fully saturated rings. The molecule has 2 aromatic carbocycles. The molecule has 4 nitrogen and oxygen atoms in total. The molecular formula is C18H22N2O2S. The Kier molecular flexibility index (Phi) is 4.53. The van der Waals surface area contributed by atoms with Gasteiger partial charge in [0.2, 0.25) is 10.0 Å². The first kappa shape index (κ1) is 16.2. The van der Waals surface area contributed by atoms with E-state index in [0.717, 1.165) is 31.4 Å². The Balaban J connectivity index is 1.94. The lowest BCUT2D eigenvalue weighted by Gasteiger charge is -2.10.